The van der Waals surface area contributed by atoms with Gasteiger partial charge in [0, 0.05) is 49.7 Å². The van der Waals surface area contributed by atoms with Crippen LogP contribution in [0.15, 0.2) is 48.8 Å². The molecule has 1 aliphatic rings. The van der Waals surface area contributed by atoms with Gasteiger partial charge in [0.15, 0.2) is 0 Å². The Labute approximate surface area is 158 Å². The minimum absolute atomic E-state index is 0.0471. The zero-order chi connectivity index (χ0) is 18.5. The largest absolute Gasteiger partial charge is 0.341 e. The summed E-state index contributed by atoms with van der Waals surface area (Å²) in [4.78, 5) is 33.1. The van der Waals surface area contributed by atoms with Crippen LogP contribution in [-0.2, 0) is 11.3 Å². The second kappa shape index (κ2) is 8.32. The number of hydrogen-bond donors (Lipinski definition) is 0. The van der Waals surface area contributed by atoms with E-state index >= 15 is 0 Å². The van der Waals surface area contributed by atoms with E-state index in [1.807, 2.05) is 12.1 Å². The number of nitrogens with zero attached hydrogens (tertiary/aromatic N) is 3. The van der Waals surface area contributed by atoms with Gasteiger partial charge in [-0.1, -0.05) is 17.7 Å². The van der Waals surface area contributed by atoms with Crippen LogP contribution in [0.5, 0.6) is 0 Å². The predicted octanol–water partition coefficient (Wildman–Crippen LogP) is 3.25. The monoisotopic (exact) mass is 371 g/mol. The molecule has 1 fully saturated rings. The normalized spacial score (nSPS) is 17.0. The van der Waals surface area contributed by atoms with Gasteiger partial charge < -0.3 is 9.80 Å². The molecule has 5 nitrogen and oxygen atoms in total. The standard InChI is InChI=1S/C20H22ClN3O2/c1-23(13-15-4-2-10-22-12-15)19(25)17-5-3-11-24(14-17)20(26)16-6-8-18(21)9-7-16/h2,4,6-10,12,17H,3,5,11,13-14H2,1H3. The second-order valence-electron chi connectivity index (χ2n) is 6.65. The van der Waals surface area contributed by atoms with Gasteiger partial charge in [-0.25, -0.2) is 0 Å². The number of rotatable bonds is 4. The van der Waals surface area contributed by atoms with Crippen molar-refractivity contribution in [2.75, 3.05) is 20.1 Å². The van der Waals surface area contributed by atoms with Gasteiger partial charge in [0.05, 0.1) is 5.92 Å². The van der Waals surface area contributed by atoms with Gasteiger partial charge in [-0.3, -0.25) is 14.6 Å². The fraction of sp³-hybridized carbons (Fsp3) is 0.350. The number of hydrogen-bond acceptors (Lipinski definition) is 3. The summed E-state index contributed by atoms with van der Waals surface area (Å²) in [6.07, 6.45) is 5.12. The maximum absolute atomic E-state index is 12.8. The quantitative estimate of drug-likeness (QED) is 0.829. The Morgan fingerprint density at radius 3 is 2.73 bits per heavy atom. The summed E-state index contributed by atoms with van der Waals surface area (Å²) in [7, 11) is 1.80. The zero-order valence-electron chi connectivity index (χ0n) is 14.8. The van der Waals surface area contributed by atoms with Crippen molar-refractivity contribution >= 4 is 23.4 Å². The molecule has 0 bridgehead atoms. The van der Waals surface area contributed by atoms with Gasteiger partial charge in [-0.05, 0) is 48.7 Å². The number of likely N-dealkylation sites (tertiary alicyclic amines) is 1. The van der Waals surface area contributed by atoms with Crippen LogP contribution < -0.4 is 0 Å². The molecular formula is C20H22ClN3O2. The number of carbonyl (C=O) groups excluding carboxylic acids is 2. The molecular weight excluding hydrogens is 350 g/mol. The Balaban J connectivity index is 1.63. The topological polar surface area (TPSA) is 53.5 Å². The fourth-order valence-electron chi connectivity index (χ4n) is 3.29. The highest BCUT2D eigenvalue weighted by atomic mass is 35.5. The fourth-order valence-corrected chi connectivity index (χ4v) is 3.42. The van der Waals surface area contributed by atoms with E-state index in [4.69, 9.17) is 11.6 Å². The van der Waals surface area contributed by atoms with Crippen molar-refractivity contribution in [3.8, 4) is 0 Å². The Morgan fingerprint density at radius 1 is 1.27 bits per heavy atom. The van der Waals surface area contributed by atoms with E-state index in [9.17, 15) is 9.59 Å². The molecule has 0 saturated carbocycles. The summed E-state index contributed by atoms with van der Waals surface area (Å²) < 4.78 is 0. The number of halogens is 1. The van der Waals surface area contributed by atoms with E-state index in [0.717, 1.165) is 18.4 Å². The highest BCUT2D eigenvalue weighted by Crippen LogP contribution is 2.21. The third-order valence-corrected chi connectivity index (χ3v) is 4.92. The van der Waals surface area contributed by atoms with Crippen LogP contribution in [0.25, 0.3) is 0 Å². The molecule has 6 heteroatoms. The number of benzene rings is 1. The Hall–Kier alpha value is -2.40. The Bertz CT molecular complexity index is 764. The summed E-state index contributed by atoms with van der Waals surface area (Å²) in [6.45, 7) is 1.66. The summed E-state index contributed by atoms with van der Waals surface area (Å²) >= 11 is 5.89. The van der Waals surface area contributed by atoms with Gasteiger partial charge in [0.2, 0.25) is 5.91 Å². The van der Waals surface area contributed by atoms with Crippen LogP contribution in [0, 0.1) is 5.92 Å². The van der Waals surface area contributed by atoms with E-state index in [0.29, 0.717) is 30.2 Å². The summed E-state index contributed by atoms with van der Waals surface area (Å²) in [6, 6.07) is 10.7. The smallest absolute Gasteiger partial charge is 0.253 e. The summed E-state index contributed by atoms with van der Waals surface area (Å²) in [5.74, 6) is -0.141. The van der Waals surface area contributed by atoms with Crippen molar-refractivity contribution in [2.24, 2.45) is 5.92 Å². The van der Waals surface area contributed by atoms with Crippen LogP contribution in [0.3, 0.4) is 0 Å². The molecule has 1 atom stereocenters. The third-order valence-electron chi connectivity index (χ3n) is 4.67. The highest BCUT2D eigenvalue weighted by molar-refractivity contribution is 6.30. The lowest BCUT2D eigenvalue weighted by Crippen LogP contribution is -2.45. The van der Waals surface area contributed by atoms with E-state index < -0.39 is 0 Å². The van der Waals surface area contributed by atoms with Gasteiger partial charge >= 0.3 is 0 Å². The number of piperidine rings is 1. The maximum Gasteiger partial charge on any atom is 0.253 e. The van der Waals surface area contributed by atoms with Gasteiger partial charge in [-0.2, -0.15) is 0 Å². The first-order valence-corrected chi connectivity index (χ1v) is 9.11. The number of aromatic nitrogens is 1. The highest BCUT2D eigenvalue weighted by Gasteiger charge is 2.30. The molecule has 3 rings (SSSR count). The van der Waals surface area contributed by atoms with Crippen LogP contribution in [0.1, 0.15) is 28.8 Å². The van der Waals surface area contributed by atoms with E-state index in [1.54, 1.807) is 53.5 Å². The molecule has 1 aromatic carbocycles. The number of amides is 2. The maximum atomic E-state index is 12.8. The molecule has 0 N–H and O–H groups in total. The first-order chi connectivity index (χ1) is 12.5. The predicted molar refractivity (Wildman–Crippen MR) is 101 cm³/mol. The van der Waals surface area contributed by atoms with Crippen molar-refractivity contribution in [1.29, 1.82) is 0 Å². The SMILES string of the molecule is CN(Cc1cccnc1)C(=O)C1CCCN(C(=O)c2ccc(Cl)cc2)C1. The van der Waals surface area contributed by atoms with Gasteiger partial charge in [-0.15, -0.1) is 0 Å². The van der Waals surface area contributed by atoms with Gasteiger partial charge in [0.1, 0.15) is 0 Å². The van der Waals surface area contributed by atoms with E-state index in [1.165, 1.54) is 0 Å². The summed E-state index contributed by atoms with van der Waals surface area (Å²) in [5, 5.41) is 0.602. The van der Waals surface area contributed by atoms with Crippen LogP contribution in [0.4, 0.5) is 0 Å². The first-order valence-electron chi connectivity index (χ1n) is 8.73. The van der Waals surface area contributed by atoms with Crippen molar-refractivity contribution in [3.63, 3.8) is 0 Å². The van der Waals surface area contributed by atoms with E-state index in [-0.39, 0.29) is 17.7 Å². The minimum Gasteiger partial charge on any atom is -0.341 e. The zero-order valence-corrected chi connectivity index (χ0v) is 15.5. The van der Waals surface area contributed by atoms with Crippen LogP contribution >= 0.6 is 11.6 Å². The molecule has 1 saturated heterocycles. The average Bonchev–Trinajstić information content (AvgIpc) is 2.68. The number of carbonyl (C=O) groups is 2. The van der Waals surface area contributed by atoms with Gasteiger partial charge in [0.25, 0.3) is 5.91 Å². The molecule has 136 valence electrons. The molecule has 2 heterocycles. The lowest BCUT2D eigenvalue weighted by Gasteiger charge is -2.34. The van der Waals surface area contributed by atoms with Crippen molar-refractivity contribution in [2.45, 2.75) is 19.4 Å². The molecule has 1 aliphatic heterocycles. The number of pyridine rings is 1. The van der Waals surface area contributed by atoms with Crippen molar-refractivity contribution in [3.05, 3.63) is 64.9 Å². The lowest BCUT2D eigenvalue weighted by atomic mass is 9.96. The Kier molecular flexibility index (Phi) is 5.89. The molecule has 0 aliphatic carbocycles. The molecule has 2 amide bonds. The van der Waals surface area contributed by atoms with Crippen molar-refractivity contribution in [1.82, 2.24) is 14.8 Å². The molecule has 2 aromatic rings. The average molecular weight is 372 g/mol. The Morgan fingerprint density at radius 2 is 2.04 bits per heavy atom. The third kappa shape index (κ3) is 4.41. The first kappa shape index (κ1) is 18.4. The molecule has 1 unspecified atom stereocenters. The molecule has 26 heavy (non-hydrogen) atoms. The van der Waals surface area contributed by atoms with E-state index in [2.05, 4.69) is 4.98 Å². The minimum atomic E-state index is -0.165. The van der Waals surface area contributed by atoms with Crippen LogP contribution in [0.2, 0.25) is 5.02 Å². The molecule has 0 spiro atoms. The molecule has 1 aromatic heterocycles. The van der Waals surface area contributed by atoms with Crippen LogP contribution in [-0.4, -0.2) is 46.7 Å². The second-order valence-corrected chi connectivity index (χ2v) is 7.09. The molecule has 0 radical (unpaired) electrons. The van der Waals surface area contributed by atoms with Crippen molar-refractivity contribution < 1.29 is 9.59 Å². The lowest BCUT2D eigenvalue weighted by molar-refractivity contribution is -0.136. The summed E-state index contributed by atoms with van der Waals surface area (Å²) in [5.41, 5.74) is 1.60.